The quantitative estimate of drug-likeness (QED) is 0.283. The molecular formula is C20H12N2O6. The number of phenolic OH excluding ortho intramolecular Hbond substituents is 2. The average Bonchev–Trinajstić information content (AvgIpc) is 2.68. The fourth-order valence-electron chi connectivity index (χ4n) is 3.19. The van der Waals surface area contributed by atoms with Crippen LogP contribution in [0.5, 0.6) is 11.5 Å². The van der Waals surface area contributed by atoms with Gasteiger partial charge in [-0.1, -0.05) is 18.2 Å². The van der Waals surface area contributed by atoms with Crippen LogP contribution in [0.1, 0.15) is 31.8 Å². The zero-order chi connectivity index (χ0) is 20.0. The molecule has 0 aliphatic heterocycles. The fraction of sp³-hybridized carbons (Fsp3) is 0. The van der Waals surface area contributed by atoms with Gasteiger partial charge >= 0.3 is 5.69 Å². The van der Waals surface area contributed by atoms with Gasteiger partial charge in [0.1, 0.15) is 5.75 Å². The second-order valence-corrected chi connectivity index (χ2v) is 6.18. The predicted octanol–water partition coefficient (Wildman–Crippen LogP) is 3.53. The number of nitrogens with one attached hydrogen (secondary N) is 1. The maximum Gasteiger partial charge on any atom is 0.311 e. The number of aromatic hydroxyl groups is 2. The highest BCUT2D eigenvalue weighted by molar-refractivity contribution is 6.31. The van der Waals surface area contributed by atoms with Crippen LogP contribution in [0.3, 0.4) is 0 Å². The van der Waals surface area contributed by atoms with E-state index in [-0.39, 0.29) is 33.7 Å². The van der Waals surface area contributed by atoms with Crippen LogP contribution in [0, 0.1) is 10.1 Å². The number of nitrogens with zero attached hydrogens (tertiary/aromatic N) is 1. The largest absolute Gasteiger partial charge is 0.506 e. The van der Waals surface area contributed by atoms with Crippen molar-refractivity contribution in [3.8, 4) is 11.5 Å². The summed E-state index contributed by atoms with van der Waals surface area (Å²) in [6, 6.07) is 13.1. The van der Waals surface area contributed by atoms with E-state index in [1.54, 1.807) is 30.3 Å². The molecule has 0 amide bonds. The number of fused-ring (bicyclic) bond motifs is 2. The fourth-order valence-corrected chi connectivity index (χ4v) is 3.19. The van der Waals surface area contributed by atoms with E-state index in [0.29, 0.717) is 5.69 Å². The van der Waals surface area contributed by atoms with Crippen LogP contribution < -0.4 is 5.32 Å². The van der Waals surface area contributed by atoms with Crippen LogP contribution in [0.15, 0.2) is 54.6 Å². The lowest BCUT2D eigenvalue weighted by molar-refractivity contribution is -0.385. The van der Waals surface area contributed by atoms with Crippen LogP contribution in [-0.4, -0.2) is 26.7 Å². The number of nitro benzene ring substituents is 1. The van der Waals surface area contributed by atoms with E-state index < -0.39 is 27.9 Å². The molecule has 4 rings (SSSR count). The molecule has 0 saturated heterocycles. The van der Waals surface area contributed by atoms with Gasteiger partial charge in [0.05, 0.1) is 16.2 Å². The van der Waals surface area contributed by atoms with Crippen LogP contribution in [0.4, 0.5) is 17.1 Å². The highest BCUT2D eigenvalue weighted by atomic mass is 16.6. The molecule has 0 radical (unpaired) electrons. The Hall–Kier alpha value is -4.20. The molecule has 0 aromatic heterocycles. The van der Waals surface area contributed by atoms with E-state index in [9.17, 15) is 29.9 Å². The molecule has 3 aromatic rings. The van der Waals surface area contributed by atoms with Crippen molar-refractivity contribution in [3.63, 3.8) is 0 Å². The maximum atomic E-state index is 13.1. The van der Waals surface area contributed by atoms with Gasteiger partial charge in [-0.3, -0.25) is 19.7 Å². The number of carbonyl (C=O) groups excluding carboxylic acids is 2. The zero-order valence-corrected chi connectivity index (χ0v) is 14.2. The Kier molecular flexibility index (Phi) is 3.82. The number of anilines is 2. The second-order valence-electron chi connectivity index (χ2n) is 6.18. The van der Waals surface area contributed by atoms with E-state index in [1.807, 2.05) is 0 Å². The lowest BCUT2D eigenvalue weighted by Crippen LogP contribution is -2.22. The lowest BCUT2D eigenvalue weighted by Gasteiger charge is -2.21. The van der Waals surface area contributed by atoms with E-state index in [0.717, 1.165) is 12.1 Å². The summed E-state index contributed by atoms with van der Waals surface area (Å²) in [7, 11) is 0. The topological polar surface area (TPSA) is 130 Å². The van der Waals surface area contributed by atoms with Crippen LogP contribution in [0.2, 0.25) is 0 Å². The third-order valence-corrected chi connectivity index (χ3v) is 4.50. The second kappa shape index (κ2) is 6.20. The zero-order valence-electron chi connectivity index (χ0n) is 14.2. The summed E-state index contributed by atoms with van der Waals surface area (Å²) in [6.07, 6.45) is 0. The molecule has 0 atom stereocenters. The Labute approximate surface area is 157 Å². The van der Waals surface area contributed by atoms with Crippen molar-refractivity contribution < 1.29 is 24.7 Å². The first-order valence-electron chi connectivity index (χ1n) is 8.17. The van der Waals surface area contributed by atoms with Gasteiger partial charge in [0.2, 0.25) is 0 Å². The molecule has 1 aliphatic rings. The Balaban J connectivity index is 1.92. The number of ketones is 2. The minimum Gasteiger partial charge on any atom is -0.506 e. The average molecular weight is 376 g/mol. The molecule has 0 heterocycles. The standard InChI is InChI=1S/C20H12N2O6/c23-15-7-6-11-17(18(15)21-10-4-2-1-3-5-10)20(26)13-9-16(24)14(22(27)28)8-12(13)19(11)25/h1-9,21,23-24H. The van der Waals surface area contributed by atoms with Gasteiger partial charge in [-0.05, 0) is 30.3 Å². The summed E-state index contributed by atoms with van der Waals surface area (Å²) >= 11 is 0. The van der Waals surface area contributed by atoms with Crippen LogP contribution in [-0.2, 0) is 0 Å². The number of para-hydroxylation sites is 1. The molecule has 0 bridgehead atoms. The van der Waals surface area contributed by atoms with Gasteiger partial charge in [0, 0.05) is 28.4 Å². The van der Waals surface area contributed by atoms with Crippen molar-refractivity contribution in [2.24, 2.45) is 0 Å². The Morgan fingerprint density at radius 1 is 0.821 bits per heavy atom. The van der Waals surface area contributed by atoms with E-state index >= 15 is 0 Å². The Bertz CT molecular complexity index is 1170. The molecule has 3 N–H and O–H groups in total. The number of hydrogen-bond donors (Lipinski definition) is 3. The Morgan fingerprint density at radius 3 is 2.18 bits per heavy atom. The maximum absolute atomic E-state index is 13.1. The van der Waals surface area contributed by atoms with Gasteiger partial charge in [-0.2, -0.15) is 0 Å². The van der Waals surface area contributed by atoms with Gasteiger partial charge < -0.3 is 15.5 Å². The molecule has 0 spiro atoms. The molecule has 28 heavy (non-hydrogen) atoms. The van der Waals surface area contributed by atoms with Gasteiger partial charge in [0.15, 0.2) is 17.3 Å². The monoisotopic (exact) mass is 376 g/mol. The summed E-state index contributed by atoms with van der Waals surface area (Å²) in [5, 5.41) is 34.1. The van der Waals surface area contributed by atoms with Crippen molar-refractivity contribution in [1.82, 2.24) is 0 Å². The predicted molar refractivity (Wildman–Crippen MR) is 99.5 cm³/mol. The smallest absolute Gasteiger partial charge is 0.311 e. The van der Waals surface area contributed by atoms with Crippen molar-refractivity contribution in [3.05, 3.63) is 87.0 Å². The summed E-state index contributed by atoms with van der Waals surface area (Å²) in [6.45, 7) is 0. The first kappa shape index (κ1) is 17.2. The normalized spacial score (nSPS) is 12.3. The summed E-state index contributed by atoms with van der Waals surface area (Å²) in [5.74, 6) is -2.20. The minimum absolute atomic E-state index is 0.00807. The SMILES string of the molecule is O=C1c2cc([N+](=O)[O-])c(O)cc2C(=O)c2c1ccc(O)c2Nc1ccccc1. The number of rotatable bonds is 3. The van der Waals surface area contributed by atoms with E-state index in [1.165, 1.54) is 12.1 Å². The number of benzene rings is 3. The Morgan fingerprint density at radius 2 is 1.50 bits per heavy atom. The van der Waals surface area contributed by atoms with Gasteiger partial charge in [-0.15, -0.1) is 0 Å². The molecule has 8 heteroatoms. The number of hydrogen-bond acceptors (Lipinski definition) is 7. The van der Waals surface area contributed by atoms with Crippen molar-refractivity contribution in [2.75, 3.05) is 5.32 Å². The number of nitro groups is 1. The molecule has 1 aliphatic carbocycles. The van der Waals surface area contributed by atoms with Crippen molar-refractivity contribution >= 4 is 28.6 Å². The molecule has 0 unspecified atom stereocenters. The lowest BCUT2D eigenvalue weighted by atomic mass is 9.82. The molecular weight excluding hydrogens is 364 g/mol. The number of phenols is 2. The van der Waals surface area contributed by atoms with E-state index in [2.05, 4.69) is 5.32 Å². The van der Waals surface area contributed by atoms with Crippen LogP contribution >= 0.6 is 0 Å². The van der Waals surface area contributed by atoms with E-state index in [4.69, 9.17) is 0 Å². The highest BCUT2D eigenvalue weighted by Crippen LogP contribution is 2.41. The molecule has 8 nitrogen and oxygen atoms in total. The summed E-state index contributed by atoms with van der Waals surface area (Å²) < 4.78 is 0. The third-order valence-electron chi connectivity index (χ3n) is 4.50. The highest BCUT2D eigenvalue weighted by Gasteiger charge is 2.35. The van der Waals surface area contributed by atoms with Gasteiger partial charge in [-0.25, -0.2) is 0 Å². The number of carbonyl (C=O) groups is 2. The summed E-state index contributed by atoms with van der Waals surface area (Å²) in [4.78, 5) is 36.2. The third kappa shape index (κ3) is 2.55. The molecule has 0 saturated carbocycles. The summed E-state index contributed by atoms with van der Waals surface area (Å²) in [5.41, 5.74) is -0.414. The minimum atomic E-state index is -0.831. The molecule has 3 aromatic carbocycles. The van der Waals surface area contributed by atoms with Gasteiger partial charge in [0.25, 0.3) is 0 Å². The van der Waals surface area contributed by atoms with Crippen molar-refractivity contribution in [1.29, 1.82) is 0 Å². The van der Waals surface area contributed by atoms with Crippen molar-refractivity contribution in [2.45, 2.75) is 0 Å². The molecule has 0 fully saturated rings. The first-order valence-corrected chi connectivity index (χ1v) is 8.17. The first-order chi connectivity index (χ1) is 13.4. The van der Waals surface area contributed by atoms with Crippen LogP contribution in [0.25, 0.3) is 0 Å². The molecule has 138 valence electrons.